The monoisotopic (exact) mass is 482 g/mol. The van der Waals surface area contributed by atoms with Crippen molar-refractivity contribution in [1.82, 2.24) is 5.16 Å². The van der Waals surface area contributed by atoms with Gasteiger partial charge in [0, 0.05) is 11.8 Å². The van der Waals surface area contributed by atoms with E-state index >= 15 is 0 Å². The number of methoxy groups -OCH3 is 1. The number of esters is 1. The predicted molar refractivity (Wildman–Crippen MR) is 128 cm³/mol. The molecule has 0 fully saturated rings. The topological polar surface area (TPSA) is 99.9 Å². The largest absolute Gasteiger partial charge is 0.493 e. The minimum Gasteiger partial charge on any atom is -0.493 e. The van der Waals surface area contributed by atoms with Crippen molar-refractivity contribution in [3.05, 3.63) is 76.4 Å². The van der Waals surface area contributed by atoms with Gasteiger partial charge in [0.25, 0.3) is 5.91 Å². The second kappa shape index (κ2) is 11.3. The number of halogens is 1. The Hall–Kier alpha value is -4.14. The van der Waals surface area contributed by atoms with Gasteiger partial charge in [0.1, 0.15) is 18.2 Å². The van der Waals surface area contributed by atoms with Crippen molar-refractivity contribution in [2.24, 2.45) is 0 Å². The minimum absolute atomic E-state index is 0.272. The Balaban J connectivity index is 1.57. The lowest BCUT2D eigenvalue weighted by atomic mass is 10.2. The van der Waals surface area contributed by atoms with Crippen LogP contribution < -0.4 is 14.8 Å². The summed E-state index contributed by atoms with van der Waals surface area (Å²) in [5.74, 6) is -0.0354. The number of anilines is 1. The Bertz CT molecular complexity index is 1230. The molecular weight excluding hydrogens is 455 g/mol. The zero-order chi connectivity index (χ0) is 25.5. The first kappa shape index (κ1) is 25.5. The van der Waals surface area contributed by atoms with Crippen molar-refractivity contribution in [2.45, 2.75) is 40.4 Å². The summed E-state index contributed by atoms with van der Waals surface area (Å²) in [4.78, 5) is 24.4. The SMILES string of the molecule is COc1cc(/C=C/C(=O)OC(C)C(=O)Nc2ccc(C)c(F)c2)ccc1OCc1c(C)noc1C. The number of amides is 1. The van der Waals surface area contributed by atoms with Crippen LogP contribution in [0.1, 0.15) is 35.1 Å². The maximum Gasteiger partial charge on any atom is 0.331 e. The second-order valence-electron chi connectivity index (χ2n) is 7.87. The third-order valence-electron chi connectivity index (χ3n) is 5.25. The highest BCUT2D eigenvalue weighted by atomic mass is 19.1. The van der Waals surface area contributed by atoms with Gasteiger partial charge in [-0.3, -0.25) is 4.79 Å². The highest BCUT2D eigenvalue weighted by Crippen LogP contribution is 2.30. The normalized spacial score (nSPS) is 11.8. The predicted octanol–water partition coefficient (Wildman–Crippen LogP) is 4.91. The molecule has 1 unspecified atom stereocenters. The maximum absolute atomic E-state index is 13.7. The third-order valence-corrected chi connectivity index (χ3v) is 5.25. The molecule has 0 bridgehead atoms. The van der Waals surface area contributed by atoms with Gasteiger partial charge in [-0.25, -0.2) is 9.18 Å². The molecule has 2 aromatic carbocycles. The van der Waals surface area contributed by atoms with E-state index in [0.717, 1.165) is 11.3 Å². The number of aryl methyl sites for hydroxylation is 3. The third kappa shape index (κ3) is 6.69. The summed E-state index contributed by atoms with van der Waals surface area (Å²) in [6.07, 6.45) is 1.66. The van der Waals surface area contributed by atoms with Crippen molar-refractivity contribution in [2.75, 3.05) is 12.4 Å². The van der Waals surface area contributed by atoms with Crippen LogP contribution in [0, 0.1) is 26.6 Å². The van der Waals surface area contributed by atoms with E-state index in [0.29, 0.717) is 28.4 Å². The number of nitrogens with zero attached hydrogens (tertiary/aromatic N) is 1. The molecule has 0 aliphatic rings. The first-order valence-corrected chi connectivity index (χ1v) is 10.9. The van der Waals surface area contributed by atoms with E-state index in [1.165, 1.54) is 32.3 Å². The number of hydrogen-bond donors (Lipinski definition) is 1. The lowest BCUT2D eigenvalue weighted by Crippen LogP contribution is -2.29. The van der Waals surface area contributed by atoms with Gasteiger partial charge in [0.05, 0.1) is 18.4 Å². The Kier molecular flexibility index (Phi) is 8.25. The second-order valence-corrected chi connectivity index (χ2v) is 7.87. The fourth-order valence-corrected chi connectivity index (χ4v) is 3.11. The van der Waals surface area contributed by atoms with Gasteiger partial charge in [0.15, 0.2) is 17.6 Å². The molecule has 3 aromatic rings. The van der Waals surface area contributed by atoms with Crippen LogP contribution in [0.25, 0.3) is 6.08 Å². The van der Waals surface area contributed by atoms with E-state index in [1.54, 1.807) is 37.3 Å². The highest BCUT2D eigenvalue weighted by molar-refractivity contribution is 5.96. The molecule has 0 radical (unpaired) electrons. The number of hydrogen-bond acceptors (Lipinski definition) is 7. The average molecular weight is 483 g/mol. The van der Waals surface area contributed by atoms with Crippen LogP contribution in [0.3, 0.4) is 0 Å². The number of carbonyl (C=O) groups is 2. The van der Waals surface area contributed by atoms with Crippen LogP contribution in [0.2, 0.25) is 0 Å². The molecule has 1 heterocycles. The van der Waals surface area contributed by atoms with Crippen LogP contribution in [0.5, 0.6) is 11.5 Å². The Morgan fingerprint density at radius 3 is 2.57 bits per heavy atom. The Labute approximate surface area is 202 Å². The zero-order valence-corrected chi connectivity index (χ0v) is 20.2. The lowest BCUT2D eigenvalue weighted by molar-refractivity contribution is -0.148. The molecule has 0 aliphatic carbocycles. The van der Waals surface area contributed by atoms with E-state index in [9.17, 15) is 14.0 Å². The molecule has 3 rings (SSSR count). The van der Waals surface area contributed by atoms with Crippen LogP contribution >= 0.6 is 0 Å². The molecule has 8 nitrogen and oxygen atoms in total. The standard InChI is InChI=1S/C26H27FN2O6/c1-15-6-9-20(13-22(15)27)28-26(31)18(4)34-25(30)11-8-19-7-10-23(24(12-19)32-5)33-14-21-16(2)29-35-17(21)3/h6-13,18H,14H2,1-5H3,(H,28,31)/b11-8+. The molecular formula is C26H27FN2O6. The van der Waals surface area contributed by atoms with Gasteiger partial charge >= 0.3 is 5.97 Å². The fraction of sp³-hybridized carbons (Fsp3) is 0.269. The van der Waals surface area contributed by atoms with Crippen LogP contribution in [0.4, 0.5) is 10.1 Å². The van der Waals surface area contributed by atoms with Crippen LogP contribution in [-0.4, -0.2) is 30.2 Å². The van der Waals surface area contributed by atoms with E-state index in [1.807, 2.05) is 13.8 Å². The molecule has 1 atom stereocenters. The summed E-state index contributed by atoms with van der Waals surface area (Å²) in [7, 11) is 1.51. The van der Waals surface area contributed by atoms with Crippen LogP contribution in [0.15, 0.2) is 47.0 Å². The van der Waals surface area contributed by atoms with Gasteiger partial charge in [-0.05, 0) is 69.2 Å². The number of rotatable bonds is 9. The summed E-state index contributed by atoms with van der Waals surface area (Å²) < 4.78 is 35.2. The molecule has 0 aliphatic heterocycles. The van der Waals surface area contributed by atoms with Gasteiger partial charge in [-0.2, -0.15) is 0 Å². The molecule has 0 spiro atoms. The molecule has 1 N–H and O–H groups in total. The van der Waals surface area contributed by atoms with Crippen molar-refractivity contribution in [3.8, 4) is 11.5 Å². The van der Waals surface area contributed by atoms with Gasteiger partial charge in [0.2, 0.25) is 0 Å². The molecule has 9 heteroatoms. The van der Waals surface area contributed by atoms with E-state index in [-0.39, 0.29) is 12.3 Å². The molecule has 1 amide bonds. The number of aromatic nitrogens is 1. The fourth-order valence-electron chi connectivity index (χ4n) is 3.11. The number of carbonyl (C=O) groups excluding carboxylic acids is 2. The summed E-state index contributed by atoms with van der Waals surface area (Å²) in [6.45, 7) is 6.98. The van der Waals surface area contributed by atoms with Crippen molar-refractivity contribution < 1.29 is 32.7 Å². The molecule has 0 saturated carbocycles. The quantitative estimate of drug-likeness (QED) is 0.342. The average Bonchev–Trinajstić information content (AvgIpc) is 3.15. The first-order valence-electron chi connectivity index (χ1n) is 10.9. The van der Waals surface area contributed by atoms with Gasteiger partial charge in [-0.1, -0.05) is 17.3 Å². The minimum atomic E-state index is -1.08. The van der Waals surface area contributed by atoms with Crippen molar-refractivity contribution >= 4 is 23.6 Å². The van der Waals surface area contributed by atoms with Crippen molar-refractivity contribution in [3.63, 3.8) is 0 Å². The van der Waals surface area contributed by atoms with Gasteiger partial charge in [-0.15, -0.1) is 0 Å². The number of benzene rings is 2. The number of nitrogens with one attached hydrogen (secondary N) is 1. The summed E-state index contributed by atoms with van der Waals surface area (Å²) in [5.41, 5.74) is 3.03. The number of ether oxygens (including phenoxy) is 3. The van der Waals surface area contributed by atoms with E-state index in [4.69, 9.17) is 18.7 Å². The summed E-state index contributed by atoms with van der Waals surface area (Å²) in [5, 5.41) is 6.42. The molecule has 184 valence electrons. The Morgan fingerprint density at radius 1 is 1.14 bits per heavy atom. The molecule has 1 aromatic heterocycles. The van der Waals surface area contributed by atoms with E-state index in [2.05, 4.69) is 10.5 Å². The first-order chi connectivity index (χ1) is 16.7. The molecule has 0 saturated heterocycles. The summed E-state index contributed by atoms with van der Waals surface area (Å²) in [6, 6.07) is 9.49. The van der Waals surface area contributed by atoms with Gasteiger partial charge < -0.3 is 24.1 Å². The van der Waals surface area contributed by atoms with Crippen molar-refractivity contribution in [1.29, 1.82) is 0 Å². The lowest BCUT2D eigenvalue weighted by Gasteiger charge is -2.13. The van der Waals surface area contributed by atoms with E-state index < -0.39 is 23.8 Å². The highest BCUT2D eigenvalue weighted by Gasteiger charge is 2.17. The Morgan fingerprint density at radius 2 is 1.91 bits per heavy atom. The van der Waals surface area contributed by atoms with Crippen LogP contribution in [-0.2, 0) is 20.9 Å². The zero-order valence-electron chi connectivity index (χ0n) is 20.2. The smallest absolute Gasteiger partial charge is 0.331 e. The molecule has 35 heavy (non-hydrogen) atoms. The summed E-state index contributed by atoms with van der Waals surface area (Å²) >= 11 is 0. The maximum atomic E-state index is 13.7.